The molecule has 1 unspecified atom stereocenters. The highest BCUT2D eigenvalue weighted by Crippen LogP contribution is 2.29. The molecule has 2 N–H and O–H groups in total. The molecule has 2 aromatic carbocycles. The van der Waals surface area contributed by atoms with Crippen molar-refractivity contribution in [1.29, 1.82) is 0 Å². The van der Waals surface area contributed by atoms with Gasteiger partial charge in [-0.2, -0.15) is 8.78 Å². The Hall–Kier alpha value is -2.14. The first kappa shape index (κ1) is 16.7. The molecule has 0 saturated heterocycles. The number of anilines is 1. The monoisotopic (exact) mass is 332 g/mol. The Bertz CT molecular complexity index is 663. The van der Waals surface area contributed by atoms with Gasteiger partial charge < -0.3 is 15.4 Å². The number of alkyl halides is 2. The second-order valence-corrected chi connectivity index (χ2v) is 5.90. The predicted molar refractivity (Wildman–Crippen MR) is 91.7 cm³/mol. The van der Waals surface area contributed by atoms with Gasteiger partial charge in [0.1, 0.15) is 5.75 Å². The lowest BCUT2D eigenvalue weighted by Gasteiger charge is -2.19. The third kappa shape index (κ3) is 4.23. The topological polar surface area (TPSA) is 33.3 Å². The maximum atomic E-state index is 12.5. The van der Waals surface area contributed by atoms with Crippen LogP contribution in [-0.4, -0.2) is 19.7 Å². The van der Waals surface area contributed by atoms with Crippen LogP contribution in [0.3, 0.4) is 0 Å². The Labute approximate surface area is 141 Å². The minimum Gasteiger partial charge on any atom is -0.435 e. The number of para-hydroxylation sites is 2. The maximum Gasteiger partial charge on any atom is 0.387 e. The Morgan fingerprint density at radius 3 is 2.79 bits per heavy atom. The molecule has 0 amide bonds. The molecule has 1 aliphatic rings. The molecule has 0 radical (unpaired) electrons. The molecule has 0 aromatic heterocycles. The number of hydrogen-bond donors (Lipinski definition) is 2. The van der Waals surface area contributed by atoms with Gasteiger partial charge in [-0.25, -0.2) is 0 Å². The summed E-state index contributed by atoms with van der Waals surface area (Å²) in [6, 6.07) is 15.6. The lowest BCUT2D eigenvalue weighted by molar-refractivity contribution is -0.0504. The molecule has 5 heteroatoms. The van der Waals surface area contributed by atoms with Crippen LogP contribution >= 0.6 is 0 Å². The maximum absolute atomic E-state index is 12.5. The van der Waals surface area contributed by atoms with E-state index in [-0.39, 0.29) is 11.8 Å². The van der Waals surface area contributed by atoms with Crippen LogP contribution in [0, 0.1) is 0 Å². The van der Waals surface area contributed by atoms with Gasteiger partial charge in [0.05, 0.1) is 0 Å². The Kier molecular flexibility index (Phi) is 5.64. The van der Waals surface area contributed by atoms with Gasteiger partial charge in [-0.15, -0.1) is 0 Å². The first-order valence-electron chi connectivity index (χ1n) is 8.33. The first-order valence-corrected chi connectivity index (χ1v) is 8.33. The molecule has 1 heterocycles. The average molecular weight is 332 g/mol. The fourth-order valence-electron chi connectivity index (χ4n) is 3.16. The number of hydrogen-bond acceptors (Lipinski definition) is 3. The molecule has 0 bridgehead atoms. The largest absolute Gasteiger partial charge is 0.435 e. The number of ether oxygens (including phenoxy) is 1. The molecule has 24 heavy (non-hydrogen) atoms. The van der Waals surface area contributed by atoms with E-state index in [4.69, 9.17) is 0 Å². The molecule has 0 saturated carbocycles. The van der Waals surface area contributed by atoms with Crippen molar-refractivity contribution in [2.24, 2.45) is 0 Å². The molecule has 3 nitrogen and oxygen atoms in total. The van der Waals surface area contributed by atoms with Crippen molar-refractivity contribution in [2.75, 3.05) is 18.4 Å². The van der Waals surface area contributed by atoms with Gasteiger partial charge in [0.25, 0.3) is 0 Å². The zero-order valence-electron chi connectivity index (χ0n) is 13.5. The van der Waals surface area contributed by atoms with Crippen molar-refractivity contribution in [1.82, 2.24) is 5.32 Å². The summed E-state index contributed by atoms with van der Waals surface area (Å²) in [6.45, 7) is -1.11. The highest BCUT2D eigenvalue weighted by atomic mass is 19.3. The van der Waals surface area contributed by atoms with Crippen LogP contribution in [0.4, 0.5) is 14.5 Å². The summed E-state index contributed by atoms with van der Waals surface area (Å²) in [5, 5.41) is 7.01. The van der Waals surface area contributed by atoms with E-state index in [1.807, 2.05) is 24.3 Å². The summed E-state index contributed by atoms with van der Waals surface area (Å²) in [5.74, 6) is 0.261. The summed E-state index contributed by atoms with van der Waals surface area (Å²) < 4.78 is 29.6. The molecular formula is C19H22F2N2O. The van der Waals surface area contributed by atoms with Crippen LogP contribution in [0.15, 0.2) is 48.5 Å². The second kappa shape index (κ2) is 8.11. The number of nitrogens with one attached hydrogen (secondary N) is 2. The quantitative estimate of drug-likeness (QED) is 0.824. The zero-order chi connectivity index (χ0) is 16.8. The van der Waals surface area contributed by atoms with E-state index in [0.29, 0.717) is 13.0 Å². The number of fused-ring (bicyclic) bond motifs is 1. The summed E-state index contributed by atoms with van der Waals surface area (Å²) in [6.07, 6.45) is 2.80. The average Bonchev–Trinajstić information content (AvgIpc) is 2.78. The number of benzene rings is 2. The normalized spacial score (nSPS) is 17.0. The van der Waals surface area contributed by atoms with E-state index >= 15 is 0 Å². The second-order valence-electron chi connectivity index (χ2n) is 5.90. The molecule has 1 atom stereocenters. The van der Waals surface area contributed by atoms with E-state index in [1.165, 1.54) is 11.3 Å². The van der Waals surface area contributed by atoms with Crippen LogP contribution in [0.1, 0.15) is 30.0 Å². The minimum absolute atomic E-state index is 0.261. The van der Waals surface area contributed by atoms with Crippen molar-refractivity contribution >= 4 is 5.69 Å². The smallest absolute Gasteiger partial charge is 0.387 e. The molecular weight excluding hydrogens is 310 g/mol. The van der Waals surface area contributed by atoms with Crippen LogP contribution in [0.25, 0.3) is 0 Å². The van der Waals surface area contributed by atoms with Crippen molar-refractivity contribution in [3.8, 4) is 5.75 Å². The van der Waals surface area contributed by atoms with E-state index in [9.17, 15) is 8.78 Å². The van der Waals surface area contributed by atoms with E-state index < -0.39 is 6.61 Å². The van der Waals surface area contributed by atoms with E-state index in [0.717, 1.165) is 24.9 Å². The SMILES string of the molecule is FC(F)Oc1ccccc1CCNC1CCCNc2ccccc21. The zero-order valence-corrected chi connectivity index (χ0v) is 13.5. The number of halogens is 2. The molecule has 1 aliphatic heterocycles. The van der Waals surface area contributed by atoms with Gasteiger partial charge in [-0.1, -0.05) is 36.4 Å². The molecule has 0 aliphatic carbocycles. The Morgan fingerprint density at radius 2 is 1.92 bits per heavy atom. The third-order valence-electron chi connectivity index (χ3n) is 4.29. The van der Waals surface area contributed by atoms with Gasteiger partial charge in [0, 0.05) is 18.3 Å². The molecule has 3 rings (SSSR count). The Morgan fingerprint density at radius 1 is 1.12 bits per heavy atom. The van der Waals surface area contributed by atoms with Gasteiger partial charge in [0.15, 0.2) is 0 Å². The van der Waals surface area contributed by atoms with Gasteiger partial charge >= 0.3 is 6.61 Å². The van der Waals surface area contributed by atoms with Crippen molar-refractivity contribution < 1.29 is 13.5 Å². The van der Waals surface area contributed by atoms with Crippen LogP contribution in [0.5, 0.6) is 5.75 Å². The summed E-state index contributed by atoms with van der Waals surface area (Å²) in [5.41, 5.74) is 3.24. The molecule has 0 fully saturated rings. The fraction of sp³-hybridized carbons (Fsp3) is 0.368. The molecule has 2 aromatic rings. The van der Waals surface area contributed by atoms with E-state index in [1.54, 1.807) is 12.1 Å². The molecule has 128 valence electrons. The Balaban J connectivity index is 1.63. The van der Waals surface area contributed by atoms with Crippen molar-refractivity contribution in [2.45, 2.75) is 31.9 Å². The minimum atomic E-state index is -2.79. The summed E-state index contributed by atoms with van der Waals surface area (Å²) in [4.78, 5) is 0. The van der Waals surface area contributed by atoms with Gasteiger partial charge in [0.2, 0.25) is 0 Å². The molecule has 0 spiro atoms. The highest BCUT2D eigenvalue weighted by molar-refractivity contribution is 5.53. The predicted octanol–water partition coefficient (Wildman–Crippen LogP) is 4.37. The van der Waals surface area contributed by atoms with Crippen molar-refractivity contribution in [3.05, 3.63) is 59.7 Å². The van der Waals surface area contributed by atoms with Crippen LogP contribution < -0.4 is 15.4 Å². The van der Waals surface area contributed by atoms with Crippen LogP contribution in [-0.2, 0) is 6.42 Å². The van der Waals surface area contributed by atoms with Crippen LogP contribution in [0.2, 0.25) is 0 Å². The van der Waals surface area contributed by atoms with Gasteiger partial charge in [-0.3, -0.25) is 0 Å². The van der Waals surface area contributed by atoms with Crippen molar-refractivity contribution in [3.63, 3.8) is 0 Å². The standard InChI is InChI=1S/C19H22F2N2O/c20-19(21)24-18-10-4-1-6-14(18)11-13-23-17-9-5-12-22-16-8-3-2-7-15(16)17/h1-4,6-8,10,17,19,22-23H,5,9,11-13H2. The lowest BCUT2D eigenvalue weighted by Crippen LogP contribution is -2.23. The lowest BCUT2D eigenvalue weighted by atomic mass is 10.0. The summed E-state index contributed by atoms with van der Waals surface area (Å²) >= 11 is 0. The highest BCUT2D eigenvalue weighted by Gasteiger charge is 2.17. The fourth-order valence-corrected chi connectivity index (χ4v) is 3.16. The third-order valence-corrected chi connectivity index (χ3v) is 4.29. The summed E-state index contributed by atoms with van der Waals surface area (Å²) in [7, 11) is 0. The van der Waals surface area contributed by atoms with E-state index in [2.05, 4.69) is 27.5 Å². The van der Waals surface area contributed by atoms with Gasteiger partial charge in [-0.05, 0) is 49.1 Å². The number of rotatable bonds is 6. The first-order chi connectivity index (χ1) is 11.7.